The Hall–Kier alpha value is -1.96. The third kappa shape index (κ3) is 2.19. The molecule has 1 saturated heterocycles. The summed E-state index contributed by atoms with van der Waals surface area (Å²) in [4.78, 5) is 17.4. The lowest BCUT2D eigenvalue weighted by molar-refractivity contribution is 0.0690. The summed E-state index contributed by atoms with van der Waals surface area (Å²) in [7, 11) is 0. The third-order valence-corrected chi connectivity index (χ3v) is 4.09. The first-order valence-electron chi connectivity index (χ1n) is 6.02. The van der Waals surface area contributed by atoms with Gasteiger partial charge in [0, 0.05) is 18.5 Å². The minimum absolute atomic E-state index is 0.0130. The van der Waals surface area contributed by atoms with E-state index in [4.69, 9.17) is 5.11 Å². The molecule has 0 radical (unpaired) electrons. The Bertz CT molecular complexity index is 602. The van der Waals surface area contributed by atoms with Crippen molar-refractivity contribution < 1.29 is 9.90 Å². The van der Waals surface area contributed by atoms with Crippen molar-refractivity contribution >= 4 is 22.4 Å². The average molecular weight is 279 g/mol. The number of aromatic carboxylic acids is 1. The summed E-state index contributed by atoms with van der Waals surface area (Å²) >= 11 is 1.64. The van der Waals surface area contributed by atoms with Crippen LogP contribution in [0.2, 0.25) is 0 Å². The molecule has 8 heteroatoms. The molecule has 0 amide bonds. The smallest absolute Gasteiger partial charge is 0.358 e. The molecule has 3 heterocycles. The maximum atomic E-state index is 10.7. The van der Waals surface area contributed by atoms with Crippen LogP contribution in [-0.2, 0) is 6.42 Å². The molecule has 1 aliphatic rings. The fourth-order valence-corrected chi connectivity index (χ4v) is 2.86. The molecule has 100 valence electrons. The Morgan fingerprint density at radius 3 is 2.95 bits per heavy atom. The van der Waals surface area contributed by atoms with Gasteiger partial charge >= 0.3 is 5.97 Å². The van der Waals surface area contributed by atoms with E-state index in [1.54, 1.807) is 16.0 Å². The highest BCUT2D eigenvalue weighted by Crippen LogP contribution is 2.30. The van der Waals surface area contributed by atoms with Crippen LogP contribution in [0.5, 0.6) is 0 Å². The van der Waals surface area contributed by atoms with Crippen LogP contribution in [-0.4, -0.2) is 44.1 Å². The van der Waals surface area contributed by atoms with Gasteiger partial charge < -0.3 is 10.0 Å². The summed E-state index contributed by atoms with van der Waals surface area (Å²) in [6, 6.07) is 0.176. The monoisotopic (exact) mass is 279 g/mol. The molecule has 0 aromatic carbocycles. The normalized spacial score (nSPS) is 15.5. The quantitative estimate of drug-likeness (QED) is 0.900. The molecule has 1 N–H and O–H groups in total. The van der Waals surface area contributed by atoms with E-state index in [-0.39, 0.29) is 11.7 Å². The molecular formula is C11H13N5O2S. The summed E-state index contributed by atoms with van der Waals surface area (Å²) in [5.74, 6) is -1.05. The zero-order chi connectivity index (χ0) is 13.4. The Morgan fingerprint density at radius 2 is 2.37 bits per heavy atom. The molecule has 0 aliphatic carbocycles. The molecule has 0 spiro atoms. The lowest BCUT2D eigenvalue weighted by atomic mass is 10.1. The summed E-state index contributed by atoms with van der Waals surface area (Å²) in [5.41, 5.74) is 1.10. The van der Waals surface area contributed by atoms with Crippen molar-refractivity contribution in [1.29, 1.82) is 0 Å². The lowest BCUT2D eigenvalue weighted by Crippen LogP contribution is -2.48. The summed E-state index contributed by atoms with van der Waals surface area (Å²) in [6.07, 6.45) is 2.42. The van der Waals surface area contributed by atoms with Gasteiger partial charge in [0.05, 0.1) is 17.9 Å². The van der Waals surface area contributed by atoms with Crippen LogP contribution < -0.4 is 4.90 Å². The highest BCUT2D eigenvalue weighted by molar-refractivity contribution is 7.13. The lowest BCUT2D eigenvalue weighted by Gasteiger charge is -2.38. The van der Waals surface area contributed by atoms with Crippen LogP contribution in [0.1, 0.15) is 29.1 Å². The van der Waals surface area contributed by atoms with E-state index in [1.165, 1.54) is 6.20 Å². The van der Waals surface area contributed by atoms with Gasteiger partial charge in [-0.05, 0) is 6.42 Å². The van der Waals surface area contributed by atoms with Crippen LogP contribution in [0, 0.1) is 0 Å². The van der Waals surface area contributed by atoms with Crippen molar-refractivity contribution in [3.63, 3.8) is 0 Å². The summed E-state index contributed by atoms with van der Waals surface area (Å²) in [5, 5.41) is 19.4. The Kier molecular flexibility index (Phi) is 2.94. The maximum Gasteiger partial charge on any atom is 0.358 e. The Labute approximate surface area is 113 Å². The van der Waals surface area contributed by atoms with Crippen molar-refractivity contribution in [2.75, 3.05) is 18.0 Å². The van der Waals surface area contributed by atoms with Gasteiger partial charge in [0.15, 0.2) is 10.8 Å². The number of aryl methyl sites for hydroxylation is 1. The van der Waals surface area contributed by atoms with Crippen LogP contribution in [0.25, 0.3) is 0 Å². The van der Waals surface area contributed by atoms with E-state index in [1.807, 2.05) is 0 Å². The SMILES string of the molecule is CCc1csc(N2CC(n3cc(C(=O)O)nn3)C2)n1. The molecular weight excluding hydrogens is 266 g/mol. The van der Waals surface area contributed by atoms with Gasteiger partial charge in [-0.1, -0.05) is 12.1 Å². The topological polar surface area (TPSA) is 84.1 Å². The van der Waals surface area contributed by atoms with Crippen molar-refractivity contribution in [3.05, 3.63) is 23.0 Å². The maximum absolute atomic E-state index is 10.7. The highest BCUT2D eigenvalue weighted by atomic mass is 32.1. The molecule has 3 rings (SSSR count). The second-order valence-electron chi connectivity index (χ2n) is 4.42. The number of nitrogens with zero attached hydrogens (tertiary/aromatic N) is 5. The number of thiazole rings is 1. The fraction of sp³-hybridized carbons (Fsp3) is 0.455. The van der Waals surface area contributed by atoms with Crippen molar-refractivity contribution in [3.8, 4) is 0 Å². The van der Waals surface area contributed by atoms with Gasteiger partial charge in [-0.15, -0.1) is 16.4 Å². The van der Waals surface area contributed by atoms with Crippen molar-refractivity contribution in [2.45, 2.75) is 19.4 Å². The predicted octanol–water partition coefficient (Wildman–Crippen LogP) is 1.06. The first-order chi connectivity index (χ1) is 9.17. The molecule has 0 atom stereocenters. The molecule has 0 saturated carbocycles. The number of hydrogen-bond donors (Lipinski definition) is 1. The van der Waals surface area contributed by atoms with Crippen LogP contribution >= 0.6 is 11.3 Å². The molecule has 19 heavy (non-hydrogen) atoms. The Balaban J connectivity index is 1.64. The number of hydrogen-bond acceptors (Lipinski definition) is 6. The largest absolute Gasteiger partial charge is 0.476 e. The van der Waals surface area contributed by atoms with E-state index in [9.17, 15) is 4.79 Å². The van der Waals surface area contributed by atoms with Gasteiger partial charge in [-0.3, -0.25) is 0 Å². The van der Waals surface area contributed by atoms with Crippen LogP contribution in [0.4, 0.5) is 5.13 Å². The van der Waals surface area contributed by atoms with Gasteiger partial charge in [-0.2, -0.15) is 0 Å². The van der Waals surface area contributed by atoms with E-state index in [2.05, 4.69) is 32.5 Å². The molecule has 0 unspecified atom stereocenters. The minimum Gasteiger partial charge on any atom is -0.476 e. The molecule has 1 fully saturated rings. The molecule has 7 nitrogen and oxygen atoms in total. The molecule has 2 aromatic rings. The number of aromatic nitrogens is 4. The third-order valence-electron chi connectivity index (χ3n) is 3.14. The van der Waals surface area contributed by atoms with Gasteiger partial charge in [-0.25, -0.2) is 14.5 Å². The zero-order valence-corrected chi connectivity index (χ0v) is 11.2. The second-order valence-corrected chi connectivity index (χ2v) is 5.26. The minimum atomic E-state index is -1.05. The summed E-state index contributed by atoms with van der Waals surface area (Å²) in [6.45, 7) is 3.67. The molecule has 2 aromatic heterocycles. The average Bonchev–Trinajstić information content (AvgIpc) is 2.95. The Morgan fingerprint density at radius 1 is 1.58 bits per heavy atom. The fourth-order valence-electron chi connectivity index (χ4n) is 1.94. The summed E-state index contributed by atoms with van der Waals surface area (Å²) < 4.78 is 1.62. The first-order valence-corrected chi connectivity index (χ1v) is 6.89. The zero-order valence-electron chi connectivity index (χ0n) is 10.4. The van der Waals surface area contributed by atoms with Crippen molar-refractivity contribution in [1.82, 2.24) is 20.0 Å². The number of carboxylic acids is 1. The van der Waals surface area contributed by atoms with Gasteiger partial charge in [0.1, 0.15) is 0 Å². The first kappa shape index (κ1) is 12.1. The predicted molar refractivity (Wildman–Crippen MR) is 69.7 cm³/mol. The van der Waals surface area contributed by atoms with Gasteiger partial charge in [0.25, 0.3) is 0 Å². The van der Waals surface area contributed by atoms with E-state index in [0.717, 1.165) is 30.3 Å². The second kappa shape index (κ2) is 4.61. The standard InChI is InChI=1S/C11H13N5O2S/c1-2-7-6-19-11(12-7)15-3-8(4-15)16-5-9(10(17)18)13-14-16/h5-6,8H,2-4H2,1H3,(H,17,18). The van der Waals surface area contributed by atoms with Crippen LogP contribution in [0.3, 0.4) is 0 Å². The van der Waals surface area contributed by atoms with Crippen LogP contribution in [0.15, 0.2) is 11.6 Å². The number of rotatable bonds is 4. The van der Waals surface area contributed by atoms with E-state index in [0.29, 0.717) is 0 Å². The number of anilines is 1. The highest BCUT2D eigenvalue weighted by Gasteiger charge is 2.31. The number of carbonyl (C=O) groups is 1. The van der Waals surface area contributed by atoms with Gasteiger partial charge in [0.2, 0.25) is 0 Å². The molecule has 1 aliphatic heterocycles. The van der Waals surface area contributed by atoms with E-state index < -0.39 is 5.97 Å². The number of carboxylic acid groups (broad SMARTS) is 1. The van der Waals surface area contributed by atoms with E-state index >= 15 is 0 Å². The van der Waals surface area contributed by atoms with Crippen molar-refractivity contribution in [2.24, 2.45) is 0 Å². The molecule has 0 bridgehead atoms.